The second kappa shape index (κ2) is 7.47. The monoisotopic (exact) mass is 404 g/mol. The Morgan fingerprint density at radius 2 is 1.70 bits per heavy atom. The van der Waals surface area contributed by atoms with Crippen molar-refractivity contribution in [3.8, 4) is 11.4 Å². The average molecular weight is 404 g/mol. The summed E-state index contributed by atoms with van der Waals surface area (Å²) in [6, 6.07) is 15.9. The summed E-state index contributed by atoms with van der Waals surface area (Å²) in [6.07, 6.45) is 0. The predicted molar refractivity (Wildman–Crippen MR) is 113 cm³/mol. The van der Waals surface area contributed by atoms with Crippen LogP contribution in [0.25, 0.3) is 22.3 Å². The van der Waals surface area contributed by atoms with E-state index in [1.165, 1.54) is 9.36 Å². The molecule has 0 amide bonds. The fourth-order valence-corrected chi connectivity index (χ4v) is 3.48. The van der Waals surface area contributed by atoms with Gasteiger partial charge >= 0.3 is 5.97 Å². The van der Waals surface area contributed by atoms with E-state index in [0.717, 1.165) is 0 Å². The van der Waals surface area contributed by atoms with Crippen LogP contribution in [-0.4, -0.2) is 31.7 Å². The third-order valence-corrected chi connectivity index (χ3v) is 5.00. The summed E-state index contributed by atoms with van der Waals surface area (Å²) in [4.78, 5) is 38.6. The van der Waals surface area contributed by atoms with Crippen molar-refractivity contribution < 1.29 is 9.53 Å². The molecule has 4 rings (SSSR count). The van der Waals surface area contributed by atoms with E-state index < -0.39 is 11.4 Å². The largest absolute Gasteiger partial charge is 0.461 e. The molecule has 0 unspecified atom stereocenters. The van der Waals surface area contributed by atoms with Crippen molar-refractivity contribution >= 4 is 16.9 Å². The normalized spacial score (nSPS) is 11.0. The highest BCUT2D eigenvalue weighted by atomic mass is 16.5. The van der Waals surface area contributed by atoms with E-state index in [1.807, 2.05) is 30.3 Å². The number of hydrogen-bond donors (Lipinski definition) is 0. The Bertz CT molecular complexity index is 1380. The fourth-order valence-electron chi connectivity index (χ4n) is 3.48. The Hall–Kier alpha value is -3.94. The summed E-state index contributed by atoms with van der Waals surface area (Å²) in [7, 11) is 1.77. The summed E-state index contributed by atoms with van der Waals surface area (Å²) >= 11 is 0. The fraction of sp³-hybridized carbons (Fsp3) is 0.182. The number of para-hydroxylation sites is 2. The number of nitrogens with zero attached hydrogens (tertiary/aromatic N) is 4. The van der Waals surface area contributed by atoms with Crippen molar-refractivity contribution in [2.75, 3.05) is 6.61 Å². The summed E-state index contributed by atoms with van der Waals surface area (Å²) in [5, 5.41) is 4.54. The Kier molecular flexibility index (Phi) is 4.83. The van der Waals surface area contributed by atoms with Crippen molar-refractivity contribution in [3.05, 3.63) is 86.6 Å². The van der Waals surface area contributed by atoms with Crippen molar-refractivity contribution in [1.82, 2.24) is 19.1 Å². The van der Waals surface area contributed by atoms with Crippen LogP contribution in [-0.2, 0) is 11.8 Å². The first-order valence-electron chi connectivity index (χ1n) is 9.49. The zero-order chi connectivity index (χ0) is 21.4. The molecule has 0 aliphatic rings. The number of carbonyl (C=O) groups excluding carboxylic acids is 1. The number of aromatic nitrogens is 4. The molecule has 0 saturated heterocycles. The number of esters is 1. The molecule has 0 N–H and O–H groups in total. The van der Waals surface area contributed by atoms with E-state index in [9.17, 15) is 14.4 Å². The average Bonchev–Trinajstić information content (AvgIpc) is 2.98. The second-order valence-electron chi connectivity index (χ2n) is 6.74. The van der Waals surface area contributed by atoms with E-state index >= 15 is 0 Å². The topological polar surface area (TPSA) is 88.1 Å². The van der Waals surface area contributed by atoms with Gasteiger partial charge in [-0.15, -0.1) is 0 Å². The van der Waals surface area contributed by atoms with Crippen LogP contribution in [0.1, 0.15) is 23.1 Å². The van der Waals surface area contributed by atoms with Gasteiger partial charge in [0, 0.05) is 7.05 Å². The number of carbonyl (C=O) groups is 1. The van der Waals surface area contributed by atoms with Crippen LogP contribution < -0.4 is 11.0 Å². The van der Waals surface area contributed by atoms with Gasteiger partial charge in [0.25, 0.3) is 5.56 Å². The SMILES string of the molecule is CCOC(=O)c1nn(-c2c(C)n(C)n(-c3ccccc3)c2=O)c2ccccc2c1=O. The first-order chi connectivity index (χ1) is 14.5. The van der Waals surface area contributed by atoms with Crippen molar-refractivity contribution in [2.24, 2.45) is 7.05 Å². The van der Waals surface area contributed by atoms with Gasteiger partial charge in [-0.1, -0.05) is 30.3 Å². The Morgan fingerprint density at radius 3 is 2.40 bits per heavy atom. The van der Waals surface area contributed by atoms with E-state index in [1.54, 1.807) is 49.8 Å². The van der Waals surface area contributed by atoms with Crippen LogP contribution in [0.15, 0.2) is 64.2 Å². The molecule has 0 fully saturated rings. The second-order valence-corrected chi connectivity index (χ2v) is 6.74. The molecular weight excluding hydrogens is 384 g/mol. The Morgan fingerprint density at radius 1 is 1.03 bits per heavy atom. The standard InChI is InChI=1S/C22H20N4O4/c1-4-30-22(29)18-20(27)16-12-8-9-13-17(16)25(23-18)19-14(2)24(3)26(21(19)28)15-10-6-5-7-11-15/h5-13H,4H2,1-3H3. The smallest absolute Gasteiger partial charge is 0.362 e. The van der Waals surface area contributed by atoms with Gasteiger partial charge < -0.3 is 4.74 Å². The molecule has 0 bridgehead atoms. The van der Waals surface area contributed by atoms with Crippen LogP contribution in [0.4, 0.5) is 0 Å². The van der Waals surface area contributed by atoms with Crippen LogP contribution in [0, 0.1) is 6.92 Å². The molecule has 2 aromatic carbocycles. The van der Waals surface area contributed by atoms with Crippen LogP contribution in [0.5, 0.6) is 0 Å². The highest BCUT2D eigenvalue weighted by Gasteiger charge is 2.24. The summed E-state index contributed by atoms with van der Waals surface area (Å²) in [6.45, 7) is 3.55. The molecule has 152 valence electrons. The van der Waals surface area contributed by atoms with Gasteiger partial charge in [-0.25, -0.2) is 14.2 Å². The van der Waals surface area contributed by atoms with E-state index in [2.05, 4.69) is 5.10 Å². The summed E-state index contributed by atoms with van der Waals surface area (Å²) < 4.78 is 9.60. The molecule has 0 atom stereocenters. The van der Waals surface area contributed by atoms with Gasteiger partial charge in [0.2, 0.25) is 11.1 Å². The molecule has 0 spiro atoms. The lowest BCUT2D eigenvalue weighted by molar-refractivity contribution is 0.0516. The third-order valence-electron chi connectivity index (χ3n) is 5.00. The molecule has 0 radical (unpaired) electrons. The van der Waals surface area contributed by atoms with E-state index in [0.29, 0.717) is 16.9 Å². The molecule has 2 heterocycles. The van der Waals surface area contributed by atoms with Gasteiger partial charge in [0.1, 0.15) is 0 Å². The maximum atomic E-state index is 13.4. The lowest BCUT2D eigenvalue weighted by atomic mass is 10.2. The maximum Gasteiger partial charge on any atom is 0.362 e. The van der Waals surface area contributed by atoms with Crippen molar-refractivity contribution in [2.45, 2.75) is 13.8 Å². The first kappa shape index (κ1) is 19.4. The Balaban J connectivity index is 2.08. The van der Waals surface area contributed by atoms with Gasteiger partial charge in [0.15, 0.2) is 5.69 Å². The summed E-state index contributed by atoms with van der Waals surface area (Å²) in [5.41, 5.74) is 0.791. The number of fused-ring (bicyclic) bond motifs is 1. The van der Waals surface area contributed by atoms with Crippen molar-refractivity contribution in [3.63, 3.8) is 0 Å². The maximum absolute atomic E-state index is 13.4. The zero-order valence-electron chi connectivity index (χ0n) is 16.8. The first-order valence-corrected chi connectivity index (χ1v) is 9.49. The molecular formula is C22H20N4O4. The lowest BCUT2D eigenvalue weighted by Gasteiger charge is -2.10. The van der Waals surface area contributed by atoms with Gasteiger partial charge in [-0.05, 0) is 38.1 Å². The number of benzene rings is 2. The Labute approximate surface area is 171 Å². The molecule has 0 saturated carbocycles. The predicted octanol–water partition coefficient (Wildman–Crippen LogP) is 2.36. The van der Waals surface area contributed by atoms with Crippen LogP contribution in [0.3, 0.4) is 0 Å². The lowest BCUT2D eigenvalue weighted by Crippen LogP contribution is -2.27. The van der Waals surface area contributed by atoms with Gasteiger partial charge in [0.05, 0.1) is 28.9 Å². The van der Waals surface area contributed by atoms with Crippen molar-refractivity contribution in [1.29, 1.82) is 0 Å². The molecule has 30 heavy (non-hydrogen) atoms. The minimum atomic E-state index is -0.820. The number of hydrogen-bond acceptors (Lipinski definition) is 5. The quantitative estimate of drug-likeness (QED) is 0.487. The highest BCUT2D eigenvalue weighted by Crippen LogP contribution is 2.18. The highest BCUT2D eigenvalue weighted by molar-refractivity contribution is 5.92. The summed E-state index contributed by atoms with van der Waals surface area (Å²) in [5.74, 6) is -0.820. The molecule has 2 aromatic heterocycles. The minimum Gasteiger partial charge on any atom is -0.461 e. The van der Waals surface area contributed by atoms with Gasteiger partial charge in [-0.3, -0.25) is 14.3 Å². The molecule has 0 aliphatic carbocycles. The molecule has 0 aliphatic heterocycles. The molecule has 8 nitrogen and oxygen atoms in total. The van der Waals surface area contributed by atoms with E-state index in [-0.39, 0.29) is 28.9 Å². The number of rotatable bonds is 4. The number of ether oxygens (including phenoxy) is 1. The van der Waals surface area contributed by atoms with E-state index in [4.69, 9.17) is 4.74 Å². The zero-order valence-corrected chi connectivity index (χ0v) is 16.8. The van der Waals surface area contributed by atoms with Crippen LogP contribution in [0.2, 0.25) is 0 Å². The minimum absolute atomic E-state index is 0.109. The molecule has 4 aromatic rings. The third kappa shape index (κ3) is 2.93. The van der Waals surface area contributed by atoms with Gasteiger partial charge in [-0.2, -0.15) is 5.10 Å². The van der Waals surface area contributed by atoms with Crippen LogP contribution >= 0.6 is 0 Å². The molecule has 8 heteroatoms.